The van der Waals surface area contributed by atoms with Crippen LogP contribution in [0.3, 0.4) is 0 Å². The highest BCUT2D eigenvalue weighted by molar-refractivity contribution is 7.99. The smallest absolute Gasteiger partial charge is 0.407 e. The van der Waals surface area contributed by atoms with Crippen LogP contribution in [0, 0.1) is 5.41 Å². The van der Waals surface area contributed by atoms with Gasteiger partial charge in [0.2, 0.25) is 0 Å². The van der Waals surface area contributed by atoms with Gasteiger partial charge in [-0.05, 0) is 51.2 Å². The molecule has 0 aliphatic carbocycles. The van der Waals surface area contributed by atoms with Crippen molar-refractivity contribution in [2.45, 2.75) is 56.1 Å². The fourth-order valence-corrected chi connectivity index (χ4v) is 5.79. The van der Waals surface area contributed by atoms with Crippen molar-refractivity contribution in [1.82, 2.24) is 25.5 Å². The van der Waals surface area contributed by atoms with Crippen LogP contribution < -0.4 is 20.9 Å². The van der Waals surface area contributed by atoms with E-state index < -0.39 is 5.60 Å². The van der Waals surface area contributed by atoms with Crippen LogP contribution in [0.5, 0.6) is 0 Å². The van der Waals surface area contributed by atoms with Gasteiger partial charge in [-0.2, -0.15) is 0 Å². The molecule has 2 aliphatic heterocycles. The third-order valence-corrected chi connectivity index (χ3v) is 8.60. The summed E-state index contributed by atoms with van der Waals surface area (Å²) in [6, 6.07) is 6.05. The molecule has 214 valence electrons. The largest absolute Gasteiger partial charge is 0.444 e. The van der Waals surface area contributed by atoms with Gasteiger partial charge in [-0.3, -0.25) is 4.90 Å². The summed E-state index contributed by atoms with van der Waals surface area (Å²) in [5.74, 6) is 0.871. The number of ether oxygens (including phenoxy) is 1. The molecule has 3 N–H and O–H groups in total. The first kappa shape index (κ1) is 29.7. The van der Waals surface area contributed by atoms with Crippen LogP contribution in [0.15, 0.2) is 40.5 Å². The molecule has 0 atom stereocenters. The van der Waals surface area contributed by atoms with Gasteiger partial charge in [0.1, 0.15) is 16.4 Å². The number of rotatable bonds is 9. The molecule has 11 heteroatoms. The lowest BCUT2D eigenvalue weighted by Crippen LogP contribution is -2.45. The molecule has 0 bridgehead atoms. The fourth-order valence-electron chi connectivity index (χ4n) is 4.70. The second-order valence-corrected chi connectivity index (χ2v) is 13.0. The number of carbonyl (C=O) groups is 1. The fraction of sp³-hybridized carbons (Fsp3) is 0.607. The first-order valence-corrected chi connectivity index (χ1v) is 15.0. The number of amides is 1. The summed E-state index contributed by atoms with van der Waals surface area (Å²) in [4.78, 5) is 27.1. The average molecular weight is 576 g/mol. The Morgan fingerprint density at radius 3 is 2.56 bits per heavy atom. The minimum Gasteiger partial charge on any atom is -0.444 e. The van der Waals surface area contributed by atoms with Crippen molar-refractivity contribution in [2.75, 3.05) is 69.1 Å². The van der Waals surface area contributed by atoms with Crippen molar-refractivity contribution in [3.63, 3.8) is 0 Å². The zero-order valence-electron chi connectivity index (χ0n) is 23.6. The summed E-state index contributed by atoms with van der Waals surface area (Å²) < 4.78 is 5.38. The number of anilines is 2. The first-order chi connectivity index (χ1) is 18.6. The topological polar surface area (TPSA) is 94.6 Å². The Hall–Kier alpha value is -2.27. The molecule has 1 aromatic carbocycles. The summed E-state index contributed by atoms with van der Waals surface area (Å²) in [5.41, 5.74) is 0.476. The van der Waals surface area contributed by atoms with Gasteiger partial charge in [0.25, 0.3) is 0 Å². The number of nitrogens with one attached hydrogen (secondary N) is 3. The highest BCUT2D eigenvalue weighted by atomic mass is 35.5. The van der Waals surface area contributed by atoms with Crippen LogP contribution in [0.25, 0.3) is 0 Å². The summed E-state index contributed by atoms with van der Waals surface area (Å²) >= 11 is 8.26. The standard InChI is InChI=1S/C28H42ClN7O2S/c1-27(2,3)38-26(37)34-20-28(4)8-13-36(14-9-28)23-18-33-24(19-32-23)39-22-7-5-6-21(25(22)29)31-12-17-35-15-10-30-11-16-35/h5-7,18-19,30-31H,8-17,20H2,1-4H3,(H,34,37). The Bertz CT molecular complexity index is 1080. The number of alkyl carbamates (subject to hydrolysis) is 1. The second kappa shape index (κ2) is 13.4. The number of carbonyl (C=O) groups excluding carboxylic acids is 1. The van der Waals surface area contributed by atoms with E-state index in [0.717, 1.165) is 86.6 Å². The summed E-state index contributed by atoms with van der Waals surface area (Å²) in [6.07, 6.45) is 5.20. The van der Waals surface area contributed by atoms with Crippen molar-refractivity contribution in [2.24, 2.45) is 5.41 Å². The minimum absolute atomic E-state index is 0.0252. The molecule has 1 aromatic heterocycles. The number of benzene rings is 1. The van der Waals surface area contributed by atoms with Crippen LogP contribution in [0.4, 0.5) is 16.3 Å². The molecule has 0 unspecified atom stereocenters. The number of nitrogens with zero attached hydrogens (tertiary/aromatic N) is 4. The van der Waals surface area contributed by atoms with Crippen LogP contribution >= 0.6 is 23.4 Å². The van der Waals surface area contributed by atoms with Crippen LogP contribution in [0.1, 0.15) is 40.5 Å². The number of piperazine rings is 1. The predicted molar refractivity (Wildman–Crippen MR) is 159 cm³/mol. The van der Waals surface area contributed by atoms with Gasteiger partial charge < -0.3 is 25.6 Å². The third-order valence-electron chi connectivity index (χ3n) is 7.10. The third kappa shape index (κ3) is 9.13. The first-order valence-electron chi connectivity index (χ1n) is 13.8. The quantitative estimate of drug-likeness (QED) is 0.392. The summed E-state index contributed by atoms with van der Waals surface area (Å²) in [5, 5.41) is 11.3. The summed E-state index contributed by atoms with van der Waals surface area (Å²) in [6.45, 7) is 16.3. The number of hydrogen-bond acceptors (Lipinski definition) is 9. The van der Waals surface area contributed by atoms with E-state index in [9.17, 15) is 4.79 Å². The van der Waals surface area contributed by atoms with Gasteiger partial charge in [-0.15, -0.1) is 0 Å². The van der Waals surface area contributed by atoms with Crippen molar-refractivity contribution >= 4 is 41.0 Å². The molecule has 4 rings (SSSR count). The SMILES string of the molecule is CC1(CNC(=O)OC(C)(C)C)CCN(c2cnc(Sc3cccc(NCCN4CCNCC4)c3Cl)cn2)CC1. The molecule has 39 heavy (non-hydrogen) atoms. The number of aromatic nitrogens is 2. The van der Waals surface area contributed by atoms with E-state index in [-0.39, 0.29) is 11.5 Å². The Morgan fingerprint density at radius 2 is 1.90 bits per heavy atom. The second-order valence-electron chi connectivity index (χ2n) is 11.6. The highest BCUT2D eigenvalue weighted by Gasteiger charge is 2.31. The Labute approximate surface area is 241 Å². The van der Waals surface area contributed by atoms with Gasteiger partial charge in [-0.1, -0.05) is 36.4 Å². The van der Waals surface area contributed by atoms with E-state index in [1.165, 1.54) is 11.8 Å². The van der Waals surface area contributed by atoms with E-state index in [1.54, 1.807) is 0 Å². The van der Waals surface area contributed by atoms with Gasteiger partial charge in [-0.25, -0.2) is 14.8 Å². The number of halogens is 1. The Morgan fingerprint density at radius 1 is 1.15 bits per heavy atom. The zero-order valence-corrected chi connectivity index (χ0v) is 25.1. The molecular weight excluding hydrogens is 534 g/mol. The lowest BCUT2D eigenvalue weighted by atomic mass is 9.80. The minimum atomic E-state index is -0.493. The summed E-state index contributed by atoms with van der Waals surface area (Å²) in [7, 11) is 0. The molecular formula is C28H42ClN7O2S. The molecule has 9 nitrogen and oxygen atoms in total. The molecule has 2 aliphatic rings. The molecule has 3 heterocycles. The van der Waals surface area contributed by atoms with Gasteiger partial charge in [0.15, 0.2) is 0 Å². The van der Waals surface area contributed by atoms with Crippen LogP contribution in [0.2, 0.25) is 5.02 Å². The average Bonchev–Trinajstić information content (AvgIpc) is 2.90. The van der Waals surface area contributed by atoms with Gasteiger partial charge in [0, 0.05) is 63.8 Å². The van der Waals surface area contributed by atoms with Crippen LogP contribution in [-0.4, -0.2) is 85.5 Å². The van der Waals surface area contributed by atoms with Crippen molar-refractivity contribution in [3.8, 4) is 0 Å². The van der Waals surface area contributed by atoms with Crippen molar-refractivity contribution < 1.29 is 9.53 Å². The predicted octanol–water partition coefficient (Wildman–Crippen LogP) is 4.73. The Kier molecular flexibility index (Phi) is 10.2. The Balaban J connectivity index is 1.25. The molecule has 2 fully saturated rings. The number of hydrogen-bond donors (Lipinski definition) is 3. The van der Waals surface area contributed by atoms with E-state index in [2.05, 4.69) is 37.7 Å². The molecule has 1 amide bonds. The molecule has 0 saturated carbocycles. The molecule has 0 radical (unpaired) electrons. The maximum absolute atomic E-state index is 12.1. The maximum Gasteiger partial charge on any atom is 0.407 e. The van der Waals surface area contributed by atoms with Crippen LogP contribution in [-0.2, 0) is 4.74 Å². The van der Waals surface area contributed by atoms with Crippen molar-refractivity contribution in [1.29, 1.82) is 0 Å². The van der Waals surface area contributed by atoms with E-state index in [0.29, 0.717) is 11.6 Å². The molecule has 2 saturated heterocycles. The van der Waals surface area contributed by atoms with Crippen molar-refractivity contribution in [3.05, 3.63) is 35.6 Å². The van der Waals surface area contributed by atoms with E-state index >= 15 is 0 Å². The monoisotopic (exact) mass is 575 g/mol. The zero-order chi connectivity index (χ0) is 27.9. The lowest BCUT2D eigenvalue weighted by molar-refractivity contribution is 0.0495. The number of piperidine rings is 1. The maximum atomic E-state index is 12.1. The van der Waals surface area contributed by atoms with Gasteiger partial charge >= 0.3 is 6.09 Å². The highest BCUT2D eigenvalue weighted by Crippen LogP contribution is 2.37. The lowest BCUT2D eigenvalue weighted by Gasteiger charge is -2.40. The normalized spacial score (nSPS) is 18.0. The van der Waals surface area contributed by atoms with E-state index in [1.807, 2.05) is 51.4 Å². The van der Waals surface area contributed by atoms with E-state index in [4.69, 9.17) is 21.3 Å². The molecule has 0 spiro atoms. The van der Waals surface area contributed by atoms with Gasteiger partial charge in [0.05, 0.1) is 23.1 Å². The molecule has 2 aromatic rings.